The van der Waals surface area contributed by atoms with Gasteiger partial charge in [0.15, 0.2) is 5.22 Å². The summed E-state index contributed by atoms with van der Waals surface area (Å²) in [5, 5.41) is 7.25. The summed E-state index contributed by atoms with van der Waals surface area (Å²) in [6.07, 6.45) is 3.88. The molecule has 0 bridgehead atoms. The molecule has 1 aliphatic rings. The zero-order valence-electron chi connectivity index (χ0n) is 8.76. The fourth-order valence-electron chi connectivity index (χ4n) is 1.47. The van der Waals surface area contributed by atoms with Gasteiger partial charge >= 0.3 is 0 Å². The normalized spacial score (nSPS) is 15.8. The van der Waals surface area contributed by atoms with Gasteiger partial charge in [0, 0.05) is 6.04 Å². The van der Waals surface area contributed by atoms with Crippen molar-refractivity contribution in [2.75, 3.05) is 13.1 Å². The molecule has 0 atom stereocenters. The molecule has 4 heteroatoms. The number of hydrogen-bond donors (Lipinski definition) is 2. The Kier molecular flexibility index (Phi) is 4.06. The summed E-state index contributed by atoms with van der Waals surface area (Å²) in [6, 6.07) is 4.49. The van der Waals surface area contributed by atoms with E-state index in [4.69, 9.17) is 16.0 Å². The Hall–Kier alpha value is -0.510. The van der Waals surface area contributed by atoms with Crippen LogP contribution in [0.5, 0.6) is 0 Å². The summed E-state index contributed by atoms with van der Waals surface area (Å²) in [5.74, 6) is 0.898. The van der Waals surface area contributed by atoms with Crippen LogP contribution in [0.3, 0.4) is 0 Å². The third-order valence-electron chi connectivity index (χ3n) is 2.47. The maximum atomic E-state index is 5.66. The molecular formula is C11H17ClN2O. The minimum atomic E-state index is 0.460. The van der Waals surface area contributed by atoms with Gasteiger partial charge in [-0.2, -0.15) is 0 Å². The predicted octanol–water partition coefficient (Wildman–Crippen LogP) is 2.16. The monoisotopic (exact) mass is 228 g/mol. The van der Waals surface area contributed by atoms with E-state index < -0.39 is 0 Å². The van der Waals surface area contributed by atoms with E-state index in [2.05, 4.69) is 10.6 Å². The van der Waals surface area contributed by atoms with E-state index in [9.17, 15) is 0 Å². The minimum absolute atomic E-state index is 0.460. The Labute approximate surface area is 95.2 Å². The molecule has 3 nitrogen and oxygen atoms in total. The van der Waals surface area contributed by atoms with Crippen LogP contribution in [-0.2, 0) is 6.54 Å². The van der Waals surface area contributed by atoms with E-state index >= 15 is 0 Å². The van der Waals surface area contributed by atoms with Gasteiger partial charge < -0.3 is 15.1 Å². The maximum absolute atomic E-state index is 5.66. The quantitative estimate of drug-likeness (QED) is 0.703. The molecule has 0 aromatic carbocycles. The van der Waals surface area contributed by atoms with E-state index in [1.165, 1.54) is 12.8 Å². The summed E-state index contributed by atoms with van der Waals surface area (Å²) >= 11 is 5.66. The zero-order valence-corrected chi connectivity index (χ0v) is 9.52. The smallest absolute Gasteiger partial charge is 0.193 e. The van der Waals surface area contributed by atoms with Gasteiger partial charge in [-0.3, -0.25) is 0 Å². The Balaban J connectivity index is 1.47. The summed E-state index contributed by atoms with van der Waals surface area (Å²) in [7, 11) is 0. The molecule has 1 aliphatic carbocycles. The molecule has 2 N–H and O–H groups in total. The molecule has 0 radical (unpaired) electrons. The van der Waals surface area contributed by atoms with Crippen LogP contribution in [0, 0.1) is 0 Å². The Morgan fingerprint density at radius 2 is 2.20 bits per heavy atom. The van der Waals surface area contributed by atoms with Crippen molar-refractivity contribution in [2.24, 2.45) is 0 Å². The first kappa shape index (κ1) is 11.0. The lowest BCUT2D eigenvalue weighted by Gasteiger charge is -2.03. The summed E-state index contributed by atoms with van der Waals surface area (Å²) in [4.78, 5) is 0. The fraction of sp³-hybridized carbons (Fsp3) is 0.636. The molecule has 0 unspecified atom stereocenters. The molecule has 0 saturated heterocycles. The van der Waals surface area contributed by atoms with E-state index in [-0.39, 0.29) is 0 Å². The minimum Gasteiger partial charge on any atom is -0.448 e. The molecule has 0 amide bonds. The summed E-state index contributed by atoms with van der Waals surface area (Å²) < 4.78 is 5.23. The molecule has 1 saturated carbocycles. The van der Waals surface area contributed by atoms with E-state index in [0.29, 0.717) is 5.22 Å². The zero-order chi connectivity index (χ0) is 10.5. The van der Waals surface area contributed by atoms with Crippen molar-refractivity contribution in [1.29, 1.82) is 0 Å². The molecule has 1 heterocycles. The van der Waals surface area contributed by atoms with Crippen LogP contribution in [0.1, 0.15) is 25.0 Å². The number of hydrogen-bond acceptors (Lipinski definition) is 3. The summed E-state index contributed by atoms with van der Waals surface area (Å²) in [5.41, 5.74) is 0. The van der Waals surface area contributed by atoms with E-state index in [1.54, 1.807) is 6.07 Å². The molecule has 0 aliphatic heterocycles. The average molecular weight is 229 g/mol. The predicted molar refractivity (Wildman–Crippen MR) is 61.1 cm³/mol. The van der Waals surface area contributed by atoms with Gasteiger partial charge in [-0.15, -0.1) is 0 Å². The number of rotatable bonds is 7. The lowest BCUT2D eigenvalue weighted by molar-refractivity contribution is 0.480. The largest absolute Gasteiger partial charge is 0.448 e. The fourth-order valence-corrected chi connectivity index (χ4v) is 1.63. The van der Waals surface area contributed by atoms with Crippen LogP contribution in [0.15, 0.2) is 16.5 Å². The molecule has 1 fully saturated rings. The van der Waals surface area contributed by atoms with Crippen LogP contribution >= 0.6 is 11.6 Å². The highest BCUT2D eigenvalue weighted by atomic mass is 35.5. The maximum Gasteiger partial charge on any atom is 0.193 e. The van der Waals surface area contributed by atoms with Crippen molar-refractivity contribution >= 4 is 11.6 Å². The van der Waals surface area contributed by atoms with Gasteiger partial charge in [0.25, 0.3) is 0 Å². The van der Waals surface area contributed by atoms with Crippen LogP contribution in [0.4, 0.5) is 0 Å². The standard InChI is InChI=1S/C11H17ClN2O/c12-11-5-4-10(15-11)8-13-6-1-7-14-9-2-3-9/h4-5,9,13-14H,1-3,6-8H2. The first-order chi connectivity index (χ1) is 7.34. The third-order valence-corrected chi connectivity index (χ3v) is 2.67. The third kappa shape index (κ3) is 4.24. The Morgan fingerprint density at radius 1 is 1.33 bits per heavy atom. The SMILES string of the molecule is Clc1ccc(CNCCCNC2CC2)o1. The molecule has 84 valence electrons. The van der Waals surface area contributed by atoms with E-state index in [1.807, 2.05) is 6.07 Å². The van der Waals surface area contributed by atoms with Crippen molar-refractivity contribution in [1.82, 2.24) is 10.6 Å². The second kappa shape index (κ2) is 5.54. The van der Waals surface area contributed by atoms with Gasteiger partial charge in [-0.1, -0.05) is 0 Å². The van der Waals surface area contributed by atoms with Gasteiger partial charge in [0.05, 0.1) is 6.54 Å². The number of halogens is 1. The second-order valence-electron chi connectivity index (χ2n) is 3.96. The van der Waals surface area contributed by atoms with Gasteiger partial charge in [0.1, 0.15) is 5.76 Å². The van der Waals surface area contributed by atoms with Gasteiger partial charge in [-0.05, 0) is 56.1 Å². The average Bonchev–Trinajstić information content (AvgIpc) is 2.95. The topological polar surface area (TPSA) is 37.2 Å². The Bertz CT molecular complexity index is 297. The van der Waals surface area contributed by atoms with Crippen molar-refractivity contribution in [2.45, 2.75) is 31.8 Å². The highest BCUT2D eigenvalue weighted by Gasteiger charge is 2.19. The van der Waals surface area contributed by atoms with Crippen molar-refractivity contribution in [3.05, 3.63) is 23.1 Å². The number of furan rings is 1. The highest BCUT2D eigenvalue weighted by Crippen LogP contribution is 2.18. The van der Waals surface area contributed by atoms with Crippen LogP contribution < -0.4 is 10.6 Å². The lowest BCUT2D eigenvalue weighted by Crippen LogP contribution is -2.22. The van der Waals surface area contributed by atoms with E-state index in [0.717, 1.165) is 37.9 Å². The lowest BCUT2D eigenvalue weighted by atomic mass is 10.4. The second-order valence-corrected chi connectivity index (χ2v) is 4.34. The number of nitrogens with one attached hydrogen (secondary N) is 2. The van der Waals surface area contributed by atoms with Crippen LogP contribution in [0.2, 0.25) is 5.22 Å². The van der Waals surface area contributed by atoms with Crippen molar-refractivity contribution < 1.29 is 4.42 Å². The molecule has 1 aromatic rings. The first-order valence-corrected chi connectivity index (χ1v) is 5.91. The molecule has 0 spiro atoms. The van der Waals surface area contributed by atoms with Crippen LogP contribution in [-0.4, -0.2) is 19.1 Å². The molecule has 2 rings (SSSR count). The molecular weight excluding hydrogens is 212 g/mol. The molecule has 15 heavy (non-hydrogen) atoms. The van der Waals surface area contributed by atoms with Gasteiger partial charge in [0.2, 0.25) is 0 Å². The van der Waals surface area contributed by atoms with Crippen molar-refractivity contribution in [3.63, 3.8) is 0 Å². The summed E-state index contributed by atoms with van der Waals surface area (Å²) in [6.45, 7) is 2.88. The molecule has 1 aromatic heterocycles. The first-order valence-electron chi connectivity index (χ1n) is 5.53. The van der Waals surface area contributed by atoms with Crippen LogP contribution in [0.25, 0.3) is 0 Å². The highest BCUT2D eigenvalue weighted by molar-refractivity contribution is 6.28. The Morgan fingerprint density at radius 3 is 2.87 bits per heavy atom. The van der Waals surface area contributed by atoms with Crippen molar-refractivity contribution in [3.8, 4) is 0 Å². The van der Waals surface area contributed by atoms with Gasteiger partial charge in [-0.25, -0.2) is 0 Å².